The quantitative estimate of drug-likeness (QED) is 0.646. The lowest BCUT2D eigenvalue weighted by Gasteiger charge is -2.39. The number of aromatic nitrogens is 4. The van der Waals surface area contributed by atoms with Gasteiger partial charge in [-0.25, -0.2) is 4.98 Å². The van der Waals surface area contributed by atoms with E-state index >= 15 is 0 Å². The van der Waals surface area contributed by atoms with Crippen LogP contribution in [-0.4, -0.2) is 62.1 Å². The highest BCUT2D eigenvalue weighted by Crippen LogP contribution is 2.47. The van der Waals surface area contributed by atoms with Gasteiger partial charge in [0.1, 0.15) is 12.4 Å². The molecule has 31 heavy (non-hydrogen) atoms. The van der Waals surface area contributed by atoms with Crippen molar-refractivity contribution in [2.75, 3.05) is 26.7 Å². The van der Waals surface area contributed by atoms with E-state index in [9.17, 15) is 4.79 Å². The first-order valence-electron chi connectivity index (χ1n) is 10.9. The summed E-state index contributed by atoms with van der Waals surface area (Å²) in [5, 5.41) is 4.30. The predicted molar refractivity (Wildman–Crippen MR) is 115 cm³/mol. The summed E-state index contributed by atoms with van der Waals surface area (Å²) in [6.45, 7) is 4.89. The number of aryl methyl sites for hydroxylation is 1. The van der Waals surface area contributed by atoms with Crippen molar-refractivity contribution in [2.24, 2.45) is 5.41 Å². The first-order valence-corrected chi connectivity index (χ1v) is 10.9. The van der Waals surface area contributed by atoms with Gasteiger partial charge in [0.25, 0.3) is 5.89 Å². The van der Waals surface area contributed by atoms with Crippen LogP contribution in [0.25, 0.3) is 11.5 Å². The first-order chi connectivity index (χ1) is 15.0. The van der Waals surface area contributed by atoms with Crippen LogP contribution in [0.4, 0.5) is 0 Å². The van der Waals surface area contributed by atoms with Crippen LogP contribution in [0, 0.1) is 12.3 Å². The molecule has 8 heteroatoms. The molecule has 2 saturated heterocycles. The average molecular weight is 421 g/mol. The minimum atomic E-state index is 0.150. The van der Waals surface area contributed by atoms with Gasteiger partial charge in [0, 0.05) is 37.6 Å². The number of nitrogens with zero attached hydrogens (tertiary/aromatic N) is 6. The Morgan fingerprint density at radius 2 is 2.00 bits per heavy atom. The highest BCUT2D eigenvalue weighted by Gasteiger charge is 2.46. The maximum atomic E-state index is 12.7. The van der Waals surface area contributed by atoms with E-state index in [0.717, 1.165) is 56.1 Å². The van der Waals surface area contributed by atoms with Crippen LogP contribution in [0.2, 0.25) is 0 Å². The van der Waals surface area contributed by atoms with E-state index in [1.807, 2.05) is 52.9 Å². The minimum Gasteiger partial charge on any atom is -0.341 e. The summed E-state index contributed by atoms with van der Waals surface area (Å²) < 4.78 is 7.46. The second-order valence-electron chi connectivity index (χ2n) is 8.94. The molecule has 4 heterocycles. The topological polar surface area (TPSA) is 80.3 Å². The number of hydrogen-bond acceptors (Lipinski definition) is 6. The molecule has 0 bridgehead atoms. The van der Waals surface area contributed by atoms with Gasteiger partial charge in [-0.2, -0.15) is 4.98 Å². The Bertz CT molecular complexity index is 1050. The maximum absolute atomic E-state index is 12.7. The fraction of sp³-hybridized carbons (Fsp3) is 0.478. The van der Waals surface area contributed by atoms with E-state index in [1.165, 1.54) is 0 Å². The minimum absolute atomic E-state index is 0.150. The van der Waals surface area contributed by atoms with Crippen LogP contribution in [0.3, 0.4) is 0 Å². The number of imidazole rings is 1. The van der Waals surface area contributed by atoms with Gasteiger partial charge in [-0.15, -0.1) is 0 Å². The SMILES string of the molecule is Cc1nccn1CC(=O)N1CCC2(CC1)CC(c1noc(-c3ccccc3)n1)N(C)C2. The summed E-state index contributed by atoms with van der Waals surface area (Å²) in [7, 11) is 2.14. The molecule has 2 aliphatic heterocycles. The Morgan fingerprint density at radius 3 is 2.71 bits per heavy atom. The van der Waals surface area contributed by atoms with Crippen molar-refractivity contribution in [3.05, 3.63) is 54.4 Å². The van der Waals surface area contributed by atoms with Gasteiger partial charge in [0.15, 0.2) is 5.82 Å². The molecule has 2 aromatic heterocycles. The molecular formula is C23H28N6O2. The summed E-state index contributed by atoms with van der Waals surface area (Å²) in [5.41, 5.74) is 1.14. The fourth-order valence-electron chi connectivity index (χ4n) is 5.04. The van der Waals surface area contributed by atoms with Crippen molar-refractivity contribution in [1.82, 2.24) is 29.5 Å². The van der Waals surface area contributed by atoms with E-state index in [4.69, 9.17) is 9.51 Å². The molecule has 2 fully saturated rings. The molecule has 0 N–H and O–H groups in total. The zero-order valence-corrected chi connectivity index (χ0v) is 18.1. The van der Waals surface area contributed by atoms with Crippen LogP contribution in [0.15, 0.2) is 47.2 Å². The standard InChI is InChI=1S/C23H28N6O2/c1-17-24-10-13-29(17)15-20(30)28-11-8-23(9-12-28)14-19(27(2)16-23)21-25-22(31-26-21)18-6-4-3-5-7-18/h3-7,10,13,19H,8-9,11-12,14-16H2,1-2H3. The van der Waals surface area contributed by atoms with Crippen LogP contribution in [0.1, 0.15) is 37.0 Å². The highest BCUT2D eigenvalue weighted by atomic mass is 16.5. The molecule has 1 unspecified atom stereocenters. The molecule has 2 aliphatic rings. The number of carbonyl (C=O) groups is 1. The zero-order valence-electron chi connectivity index (χ0n) is 18.1. The van der Waals surface area contributed by atoms with E-state index in [0.29, 0.717) is 12.4 Å². The van der Waals surface area contributed by atoms with Crippen molar-refractivity contribution in [3.8, 4) is 11.5 Å². The summed E-state index contributed by atoms with van der Waals surface area (Å²) in [6.07, 6.45) is 6.62. The fourth-order valence-corrected chi connectivity index (χ4v) is 5.04. The number of hydrogen-bond donors (Lipinski definition) is 0. The lowest BCUT2D eigenvalue weighted by Crippen LogP contribution is -2.45. The first kappa shape index (κ1) is 19.9. The molecule has 0 radical (unpaired) electrons. The Morgan fingerprint density at radius 1 is 1.23 bits per heavy atom. The van der Waals surface area contributed by atoms with Crippen molar-refractivity contribution in [1.29, 1.82) is 0 Å². The van der Waals surface area contributed by atoms with E-state index < -0.39 is 0 Å². The number of piperidine rings is 1. The Kier molecular flexibility index (Phi) is 5.09. The Balaban J connectivity index is 1.22. The van der Waals surface area contributed by atoms with Gasteiger partial charge >= 0.3 is 0 Å². The third-order valence-electron chi connectivity index (χ3n) is 6.91. The molecule has 0 saturated carbocycles. The Labute approximate surface area is 181 Å². The van der Waals surface area contributed by atoms with E-state index in [-0.39, 0.29) is 17.4 Å². The van der Waals surface area contributed by atoms with Gasteiger partial charge < -0.3 is 14.0 Å². The van der Waals surface area contributed by atoms with E-state index in [2.05, 4.69) is 22.1 Å². The molecule has 5 rings (SSSR count). The summed E-state index contributed by atoms with van der Waals surface area (Å²) in [4.78, 5) is 26.0. The van der Waals surface area contributed by atoms with Crippen LogP contribution >= 0.6 is 0 Å². The van der Waals surface area contributed by atoms with Crippen molar-refractivity contribution in [2.45, 2.75) is 38.8 Å². The molecule has 3 aromatic rings. The molecule has 1 amide bonds. The van der Waals surface area contributed by atoms with Crippen molar-refractivity contribution in [3.63, 3.8) is 0 Å². The molecule has 8 nitrogen and oxygen atoms in total. The molecule has 162 valence electrons. The number of benzene rings is 1. The Hall–Kier alpha value is -3.00. The normalized spacial score (nSPS) is 21.1. The summed E-state index contributed by atoms with van der Waals surface area (Å²) >= 11 is 0. The monoisotopic (exact) mass is 420 g/mol. The largest absolute Gasteiger partial charge is 0.341 e. The third-order valence-corrected chi connectivity index (χ3v) is 6.91. The average Bonchev–Trinajstić information content (AvgIpc) is 3.49. The third kappa shape index (κ3) is 3.87. The molecular weight excluding hydrogens is 392 g/mol. The second kappa shape index (κ2) is 7.92. The second-order valence-corrected chi connectivity index (χ2v) is 8.94. The molecule has 1 atom stereocenters. The van der Waals surface area contributed by atoms with Gasteiger partial charge in [0.05, 0.1) is 6.04 Å². The summed E-state index contributed by atoms with van der Waals surface area (Å²) in [5.74, 6) is 2.37. The van der Waals surface area contributed by atoms with Gasteiger partial charge in [-0.1, -0.05) is 23.4 Å². The predicted octanol–water partition coefficient (Wildman–Crippen LogP) is 2.93. The van der Waals surface area contributed by atoms with Gasteiger partial charge in [-0.05, 0) is 50.8 Å². The number of rotatable bonds is 4. The smallest absolute Gasteiger partial charge is 0.257 e. The molecule has 1 spiro atoms. The lowest BCUT2D eigenvalue weighted by molar-refractivity contribution is -0.134. The highest BCUT2D eigenvalue weighted by molar-refractivity contribution is 5.76. The van der Waals surface area contributed by atoms with Crippen LogP contribution in [-0.2, 0) is 11.3 Å². The number of carbonyl (C=O) groups excluding carboxylic acids is 1. The number of amides is 1. The lowest BCUT2D eigenvalue weighted by atomic mass is 9.76. The van der Waals surface area contributed by atoms with Crippen LogP contribution < -0.4 is 0 Å². The van der Waals surface area contributed by atoms with E-state index in [1.54, 1.807) is 6.20 Å². The zero-order chi connectivity index (χ0) is 21.4. The van der Waals surface area contributed by atoms with Gasteiger partial charge in [-0.3, -0.25) is 9.69 Å². The van der Waals surface area contributed by atoms with Crippen LogP contribution in [0.5, 0.6) is 0 Å². The maximum Gasteiger partial charge on any atom is 0.257 e. The van der Waals surface area contributed by atoms with Gasteiger partial charge in [0.2, 0.25) is 5.91 Å². The summed E-state index contributed by atoms with van der Waals surface area (Å²) in [6, 6.07) is 10.0. The van der Waals surface area contributed by atoms with Crippen molar-refractivity contribution < 1.29 is 9.32 Å². The molecule has 1 aromatic carbocycles. The number of likely N-dealkylation sites (tertiary alicyclic amines) is 2. The molecule has 0 aliphatic carbocycles. The van der Waals surface area contributed by atoms with Crippen molar-refractivity contribution >= 4 is 5.91 Å².